The van der Waals surface area contributed by atoms with Gasteiger partial charge in [-0.15, -0.1) is 0 Å². The topological polar surface area (TPSA) is 62.3 Å². The van der Waals surface area contributed by atoms with Gasteiger partial charge < -0.3 is 10.5 Å². The largest absolute Gasteiger partial charge is 0.496 e. The van der Waals surface area contributed by atoms with Gasteiger partial charge in [0, 0.05) is 6.54 Å². The number of rotatable bonds is 4. The quantitative estimate of drug-likeness (QED) is 0.661. The molecule has 4 nitrogen and oxygen atoms in total. The van der Waals surface area contributed by atoms with E-state index in [0.717, 1.165) is 19.6 Å². The van der Waals surface area contributed by atoms with Crippen molar-refractivity contribution in [2.75, 3.05) is 20.2 Å². The van der Waals surface area contributed by atoms with Gasteiger partial charge in [0.1, 0.15) is 11.6 Å². The summed E-state index contributed by atoms with van der Waals surface area (Å²) in [6.45, 7) is 7.96. The third-order valence-corrected chi connectivity index (χ3v) is 4.39. The Morgan fingerprint density at radius 3 is 2.76 bits per heavy atom. The number of methoxy groups -OCH3 is 1. The van der Waals surface area contributed by atoms with Crippen LogP contribution in [0.1, 0.15) is 44.2 Å². The number of nitrogens with zero attached hydrogens (tertiary/aromatic N) is 1. The van der Waals surface area contributed by atoms with Gasteiger partial charge in [-0.25, -0.2) is 0 Å². The molecule has 116 valence electrons. The molecule has 0 atom stereocenters. The van der Waals surface area contributed by atoms with Crippen molar-refractivity contribution in [2.45, 2.75) is 39.7 Å². The third kappa shape index (κ3) is 4.21. The van der Waals surface area contributed by atoms with Crippen LogP contribution in [0.4, 0.5) is 0 Å². The summed E-state index contributed by atoms with van der Waals surface area (Å²) < 4.78 is 5.35. The molecular weight excluding hydrogens is 262 g/mol. The van der Waals surface area contributed by atoms with E-state index in [-0.39, 0.29) is 5.84 Å². The fraction of sp³-hybridized carbons (Fsp3) is 0.588. The first-order valence-corrected chi connectivity index (χ1v) is 7.65. The second kappa shape index (κ2) is 6.48. The van der Waals surface area contributed by atoms with E-state index in [4.69, 9.17) is 15.9 Å². The van der Waals surface area contributed by atoms with Crippen molar-refractivity contribution in [1.29, 1.82) is 5.41 Å². The smallest absolute Gasteiger partial charge is 0.130 e. The molecule has 0 radical (unpaired) electrons. The van der Waals surface area contributed by atoms with Gasteiger partial charge in [-0.2, -0.15) is 0 Å². The Balaban J connectivity index is 2.07. The van der Waals surface area contributed by atoms with Crippen molar-refractivity contribution in [2.24, 2.45) is 11.1 Å². The summed E-state index contributed by atoms with van der Waals surface area (Å²) in [4.78, 5) is 2.51. The van der Waals surface area contributed by atoms with Crippen LogP contribution in [-0.4, -0.2) is 30.9 Å². The molecule has 2 rings (SSSR count). The van der Waals surface area contributed by atoms with Gasteiger partial charge in [0.25, 0.3) is 0 Å². The Morgan fingerprint density at radius 1 is 1.33 bits per heavy atom. The lowest BCUT2D eigenvalue weighted by molar-refractivity contribution is 0.255. The minimum atomic E-state index is 0.0509. The molecule has 1 fully saturated rings. The van der Waals surface area contributed by atoms with Crippen LogP contribution < -0.4 is 10.5 Å². The molecule has 0 spiro atoms. The molecule has 0 unspecified atom stereocenters. The van der Waals surface area contributed by atoms with Gasteiger partial charge >= 0.3 is 0 Å². The lowest BCUT2D eigenvalue weighted by Gasteiger charge is -2.23. The van der Waals surface area contributed by atoms with Crippen molar-refractivity contribution in [1.82, 2.24) is 4.90 Å². The Kier molecular flexibility index (Phi) is 4.88. The minimum Gasteiger partial charge on any atom is -0.496 e. The summed E-state index contributed by atoms with van der Waals surface area (Å²) in [5.41, 5.74) is 7.92. The molecule has 1 aliphatic heterocycles. The zero-order chi connectivity index (χ0) is 15.5. The molecule has 0 amide bonds. The molecule has 0 aliphatic carbocycles. The lowest BCUT2D eigenvalue weighted by atomic mass is 9.85. The minimum absolute atomic E-state index is 0.0509. The highest BCUT2D eigenvalue weighted by Crippen LogP contribution is 2.30. The SMILES string of the molecule is COc1cc(CN2CCCC(C)(C)CC2)ccc1C(=N)N. The van der Waals surface area contributed by atoms with Gasteiger partial charge in [-0.1, -0.05) is 19.9 Å². The number of hydrogen-bond donors (Lipinski definition) is 2. The van der Waals surface area contributed by atoms with E-state index in [1.165, 1.54) is 24.8 Å². The fourth-order valence-corrected chi connectivity index (χ4v) is 2.95. The van der Waals surface area contributed by atoms with Crippen LogP contribution in [0.3, 0.4) is 0 Å². The van der Waals surface area contributed by atoms with Crippen LogP contribution >= 0.6 is 0 Å². The average molecular weight is 289 g/mol. The zero-order valence-electron chi connectivity index (χ0n) is 13.4. The number of benzene rings is 1. The van der Waals surface area contributed by atoms with Gasteiger partial charge in [0.15, 0.2) is 0 Å². The Bertz CT molecular complexity index is 511. The van der Waals surface area contributed by atoms with Gasteiger partial charge in [-0.3, -0.25) is 10.3 Å². The summed E-state index contributed by atoms with van der Waals surface area (Å²) in [5, 5.41) is 7.56. The van der Waals surface area contributed by atoms with Crippen molar-refractivity contribution >= 4 is 5.84 Å². The molecule has 0 aromatic heterocycles. The van der Waals surface area contributed by atoms with Crippen molar-refractivity contribution in [3.8, 4) is 5.75 Å². The number of ether oxygens (including phenoxy) is 1. The van der Waals surface area contributed by atoms with E-state index in [1.807, 2.05) is 12.1 Å². The fourth-order valence-electron chi connectivity index (χ4n) is 2.95. The highest BCUT2D eigenvalue weighted by Gasteiger charge is 2.23. The molecule has 3 N–H and O–H groups in total. The molecule has 1 aromatic carbocycles. The predicted molar refractivity (Wildman–Crippen MR) is 86.9 cm³/mol. The number of likely N-dealkylation sites (tertiary alicyclic amines) is 1. The predicted octanol–water partition coefficient (Wildman–Crippen LogP) is 2.99. The number of nitrogens with one attached hydrogen (secondary N) is 1. The third-order valence-electron chi connectivity index (χ3n) is 4.39. The summed E-state index contributed by atoms with van der Waals surface area (Å²) >= 11 is 0. The van der Waals surface area contributed by atoms with Crippen LogP contribution in [-0.2, 0) is 6.54 Å². The van der Waals surface area contributed by atoms with E-state index in [9.17, 15) is 0 Å². The number of nitrogens with two attached hydrogens (primary N) is 1. The molecule has 0 bridgehead atoms. The molecule has 0 saturated carbocycles. The number of amidine groups is 1. The molecule has 21 heavy (non-hydrogen) atoms. The Hall–Kier alpha value is -1.55. The zero-order valence-corrected chi connectivity index (χ0v) is 13.4. The Labute approximate surface area is 127 Å². The van der Waals surface area contributed by atoms with Gasteiger partial charge in [0.05, 0.1) is 12.7 Å². The molecule has 1 heterocycles. The average Bonchev–Trinajstić information content (AvgIpc) is 2.60. The number of nitrogen functional groups attached to an aromatic ring is 1. The normalized spacial score (nSPS) is 19.0. The van der Waals surface area contributed by atoms with Crippen LogP contribution in [0, 0.1) is 10.8 Å². The van der Waals surface area contributed by atoms with E-state index in [1.54, 1.807) is 7.11 Å². The van der Waals surface area contributed by atoms with Crippen molar-refractivity contribution in [3.63, 3.8) is 0 Å². The maximum absolute atomic E-state index is 7.56. The monoisotopic (exact) mass is 289 g/mol. The van der Waals surface area contributed by atoms with Gasteiger partial charge in [0.2, 0.25) is 0 Å². The molecule has 4 heteroatoms. The van der Waals surface area contributed by atoms with E-state index in [2.05, 4.69) is 24.8 Å². The number of hydrogen-bond acceptors (Lipinski definition) is 3. The lowest BCUT2D eigenvalue weighted by Crippen LogP contribution is -2.25. The van der Waals surface area contributed by atoms with E-state index >= 15 is 0 Å². The maximum Gasteiger partial charge on any atom is 0.130 e. The van der Waals surface area contributed by atoms with E-state index in [0.29, 0.717) is 16.7 Å². The van der Waals surface area contributed by atoms with Crippen LogP contribution in [0.25, 0.3) is 0 Å². The van der Waals surface area contributed by atoms with E-state index < -0.39 is 0 Å². The summed E-state index contributed by atoms with van der Waals surface area (Å²) in [7, 11) is 1.63. The highest BCUT2D eigenvalue weighted by molar-refractivity contribution is 5.97. The van der Waals surface area contributed by atoms with Crippen LogP contribution in [0.2, 0.25) is 0 Å². The molecular formula is C17H27N3O. The second-order valence-electron chi connectivity index (χ2n) is 6.74. The summed E-state index contributed by atoms with van der Waals surface area (Å²) in [6.07, 6.45) is 3.81. The van der Waals surface area contributed by atoms with Crippen LogP contribution in [0.5, 0.6) is 5.75 Å². The first-order chi connectivity index (χ1) is 9.91. The van der Waals surface area contributed by atoms with Crippen LogP contribution in [0.15, 0.2) is 18.2 Å². The van der Waals surface area contributed by atoms with Gasteiger partial charge in [-0.05, 0) is 55.5 Å². The summed E-state index contributed by atoms with van der Waals surface area (Å²) in [6, 6.07) is 5.94. The first-order valence-electron chi connectivity index (χ1n) is 7.65. The second-order valence-corrected chi connectivity index (χ2v) is 6.74. The van der Waals surface area contributed by atoms with Crippen molar-refractivity contribution in [3.05, 3.63) is 29.3 Å². The summed E-state index contributed by atoms with van der Waals surface area (Å²) in [5.74, 6) is 0.741. The maximum atomic E-state index is 7.56. The molecule has 1 saturated heterocycles. The highest BCUT2D eigenvalue weighted by atomic mass is 16.5. The molecule has 1 aromatic rings. The molecule has 1 aliphatic rings. The standard InChI is InChI=1S/C17H27N3O/c1-17(2)7-4-9-20(10-8-17)12-13-5-6-14(16(18)19)15(11-13)21-3/h5-6,11H,4,7-10,12H2,1-3H3,(H3,18,19). The Morgan fingerprint density at radius 2 is 2.10 bits per heavy atom. The van der Waals surface area contributed by atoms with Crippen molar-refractivity contribution < 1.29 is 4.74 Å². The first kappa shape index (κ1) is 15.8.